The van der Waals surface area contributed by atoms with Gasteiger partial charge in [-0.15, -0.1) is 0 Å². The van der Waals surface area contributed by atoms with E-state index in [9.17, 15) is 4.79 Å². The van der Waals surface area contributed by atoms with Gasteiger partial charge < -0.3 is 31.0 Å². The number of carbonyl (C=O) groups excluding carboxylic acids is 1. The lowest BCUT2D eigenvalue weighted by Crippen LogP contribution is -2.43. The quantitative estimate of drug-likeness (QED) is 0.120. The molecule has 1 unspecified atom stereocenters. The van der Waals surface area contributed by atoms with E-state index in [2.05, 4.69) is 26.4 Å². The molecule has 1 aliphatic heterocycles. The highest BCUT2D eigenvalue weighted by Crippen LogP contribution is 2.38. The first-order chi connectivity index (χ1) is 22.7. The summed E-state index contributed by atoms with van der Waals surface area (Å²) >= 11 is 0. The SMILES string of the molecule is CNCCn1cc(N/C(=C\C(=N)C(C)C)NC(=O)NC2CC[C@@H](Oc3ccc(=N)n(C(=N)N4CCCCC4)c3)c3ccccc32)cn1. The van der Waals surface area contributed by atoms with E-state index in [0.29, 0.717) is 48.3 Å². The monoisotopic (exact) mass is 641 g/mol. The van der Waals surface area contributed by atoms with E-state index in [4.69, 9.17) is 21.0 Å². The number of rotatable bonds is 11. The topological polar surface area (TPSA) is 172 Å². The number of hydrogen-bond acceptors (Lipinski definition) is 8. The summed E-state index contributed by atoms with van der Waals surface area (Å²) in [5, 5.41) is 42.2. The summed E-state index contributed by atoms with van der Waals surface area (Å²) in [6.45, 7) is 6.99. The van der Waals surface area contributed by atoms with Crippen LogP contribution < -0.4 is 31.5 Å². The second-order valence-corrected chi connectivity index (χ2v) is 12.3. The lowest BCUT2D eigenvalue weighted by molar-refractivity contribution is 0.170. The lowest BCUT2D eigenvalue weighted by atomic mass is 9.85. The number of hydrogen-bond donors (Lipinski definition) is 7. The molecule has 3 heterocycles. The normalized spacial score (nSPS) is 18.0. The number of allylic oxidation sites excluding steroid dienone is 1. The number of pyridine rings is 1. The van der Waals surface area contributed by atoms with E-state index in [-0.39, 0.29) is 29.6 Å². The van der Waals surface area contributed by atoms with E-state index in [1.165, 1.54) is 6.42 Å². The van der Waals surface area contributed by atoms with Gasteiger partial charge in [-0.3, -0.25) is 25.4 Å². The Hall–Kier alpha value is -4.91. The number of ether oxygens (including phenoxy) is 1. The fraction of sp³-hybridized carbons (Fsp3) is 0.441. The lowest BCUT2D eigenvalue weighted by Gasteiger charge is -2.33. The molecule has 250 valence electrons. The number of amides is 2. The predicted octanol–water partition coefficient (Wildman–Crippen LogP) is 4.54. The van der Waals surface area contributed by atoms with Gasteiger partial charge in [0, 0.05) is 31.5 Å². The standard InChI is InChI=1S/C34H47N11O2/c1-23(2)28(35)19-32(40-24-20-39-44(21-24)18-15-38-3)42-34(46)41-29-12-13-30(27-10-6-5-9-26(27)29)47-25-11-14-31(36)45(22-25)33(37)43-16-7-4-8-17-43/h5-6,9-11,14,19-23,29-30,35-38,40H,4,7-8,12-13,15-18H2,1-3H3,(H2,41,42,46)/b32-19+,35-28?,36-31?,37-33?/t29?,30-/m1/s1. The zero-order chi connectivity index (χ0) is 33.3. The third-order valence-corrected chi connectivity index (χ3v) is 8.50. The van der Waals surface area contributed by atoms with E-state index in [1.807, 2.05) is 56.3 Å². The Kier molecular flexibility index (Phi) is 11.1. The van der Waals surface area contributed by atoms with E-state index in [0.717, 1.165) is 43.6 Å². The van der Waals surface area contributed by atoms with Crippen molar-refractivity contribution >= 4 is 23.4 Å². The Morgan fingerprint density at radius 2 is 1.83 bits per heavy atom. The van der Waals surface area contributed by atoms with Crippen LogP contribution in [0.4, 0.5) is 10.5 Å². The number of nitrogens with one attached hydrogen (secondary N) is 7. The van der Waals surface area contributed by atoms with Gasteiger partial charge in [-0.2, -0.15) is 5.10 Å². The Morgan fingerprint density at radius 3 is 2.57 bits per heavy atom. The first-order valence-corrected chi connectivity index (χ1v) is 16.4. The largest absolute Gasteiger partial charge is 0.484 e. The molecule has 2 atom stereocenters. The number of urea groups is 1. The zero-order valence-corrected chi connectivity index (χ0v) is 27.5. The zero-order valence-electron chi connectivity index (χ0n) is 27.5. The molecule has 13 heteroatoms. The highest BCUT2D eigenvalue weighted by Gasteiger charge is 2.30. The van der Waals surface area contributed by atoms with Gasteiger partial charge in [0.25, 0.3) is 0 Å². The Labute approximate surface area is 275 Å². The number of anilines is 1. The molecule has 0 bridgehead atoms. The number of piperidine rings is 1. The van der Waals surface area contributed by atoms with Crippen LogP contribution in [0, 0.1) is 22.1 Å². The van der Waals surface area contributed by atoms with Crippen molar-refractivity contribution in [1.29, 1.82) is 16.2 Å². The van der Waals surface area contributed by atoms with Crippen LogP contribution in [0.2, 0.25) is 0 Å². The summed E-state index contributed by atoms with van der Waals surface area (Å²) in [6.07, 6.45) is 11.3. The summed E-state index contributed by atoms with van der Waals surface area (Å²) in [4.78, 5) is 15.4. The van der Waals surface area contributed by atoms with Gasteiger partial charge in [0.2, 0.25) is 5.96 Å². The average molecular weight is 642 g/mol. The average Bonchev–Trinajstić information content (AvgIpc) is 3.52. The molecule has 5 rings (SSSR count). The number of likely N-dealkylation sites (N-methyl/N-ethyl adjacent to an activating group) is 1. The van der Waals surface area contributed by atoms with Gasteiger partial charge in [0.15, 0.2) is 0 Å². The van der Waals surface area contributed by atoms with Crippen molar-refractivity contribution < 1.29 is 9.53 Å². The van der Waals surface area contributed by atoms with Gasteiger partial charge in [0.05, 0.1) is 30.7 Å². The number of nitrogens with zero attached hydrogens (tertiary/aromatic N) is 4. The predicted molar refractivity (Wildman–Crippen MR) is 183 cm³/mol. The fourth-order valence-corrected chi connectivity index (χ4v) is 5.85. The van der Waals surface area contributed by atoms with Crippen LogP contribution in [-0.4, -0.2) is 63.6 Å². The minimum atomic E-state index is -0.384. The highest BCUT2D eigenvalue weighted by atomic mass is 16.5. The van der Waals surface area contributed by atoms with Crippen molar-refractivity contribution in [2.24, 2.45) is 5.92 Å². The molecular weight excluding hydrogens is 594 g/mol. The van der Waals surface area contributed by atoms with Crippen LogP contribution >= 0.6 is 0 Å². The molecule has 1 fully saturated rings. The summed E-state index contributed by atoms with van der Waals surface area (Å²) in [5.41, 5.74) is 3.29. The number of likely N-dealkylation sites (tertiary alicyclic amines) is 1. The molecule has 2 amide bonds. The molecule has 1 aromatic carbocycles. The van der Waals surface area contributed by atoms with Crippen molar-refractivity contribution in [3.63, 3.8) is 0 Å². The van der Waals surface area contributed by atoms with Gasteiger partial charge in [-0.25, -0.2) is 4.79 Å². The maximum atomic E-state index is 13.4. The summed E-state index contributed by atoms with van der Waals surface area (Å²) < 4.78 is 9.88. The van der Waals surface area contributed by atoms with Crippen molar-refractivity contribution in [2.45, 2.75) is 64.6 Å². The second kappa shape index (κ2) is 15.6. The van der Waals surface area contributed by atoms with E-state index in [1.54, 1.807) is 39.9 Å². The molecular formula is C34H47N11O2. The molecule has 1 saturated heterocycles. The number of fused-ring (bicyclic) bond motifs is 1. The van der Waals surface area contributed by atoms with Crippen molar-refractivity contribution in [1.82, 2.24) is 35.2 Å². The highest BCUT2D eigenvalue weighted by molar-refractivity contribution is 5.95. The van der Waals surface area contributed by atoms with Crippen LogP contribution in [0.15, 0.2) is 66.9 Å². The molecule has 0 spiro atoms. The van der Waals surface area contributed by atoms with Gasteiger partial charge >= 0.3 is 6.03 Å². The third kappa shape index (κ3) is 8.67. The maximum absolute atomic E-state index is 13.4. The maximum Gasteiger partial charge on any atom is 0.320 e. The van der Waals surface area contributed by atoms with Crippen molar-refractivity contribution in [3.05, 3.63) is 83.5 Å². The second-order valence-electron chi connectivity index (χ2n) is 12.3. The summed E-state index contributed by atoms with van der Waals surface area (Å²) in [6, 6.07) is 10.8. The molecule has 13 nitrogen and oxygen atoms in total. The number of carbonyl (C=O) groups is 1. The number of benzene rings is 1. The Morgan fingerprint density at radius 1 is 1.06 bits per heavy atom. The summed E-state index contributed by atoms with van der Waals surface area (Å²) in [5.74, 6) is 1.27. The van der Waals surface area contributed by atoms with Crippen LogP contribution in [0.1, 0.15) is 69.2 Å². The van der Waals surface area contributed by atoms with Gasteiger partial charge in [-0.1, -0.05) is 38.1 Å². The first kappa shape index (κ1) is 33.5. The minimum Gasteiger partial charge on any atom is -0.484 e. The van der Waals surface area contributed by atoms with E-state index < -0.39 is 0 Å². The van der Waals surface area contributed by atoms with Gasteiger partial charge in [0.1, 0.15) is 23.2 Å². The molecule has 0 saturated carbocycles. The molecule has 2 aliphatic rings. The third-order valence-electron chi connectivity index (χ3n) is 8.50. The Bertz CT molecular complexity index is 1650. The van der Waals surface area contributed by atoms with Crippen LogP contribution in [-0.2, 0) is 6.54 Å². The Balaban J connectivity index is 1.27. The van der Waals surface area contributed by atoms with Gasteiger partial charge in [-0.05, 0) is 74.4 Å². The van der Waals surface area contributed by atoms with Crippen LogP contribution in [0.3, 0.4) is 0 Å². The number of aromatic nitrogens is 3. The summed E-state index contributed by atoms with van der Waals surface area (Å²) in [7, 11) is 1.89. The molecule has 1 aliphatic carbocycles. The fourth-order valence-electron chi connectivity index (χ4n) is 5.85. The first-order valence-electron chi connectivity index (χ1n) is 16.4. The smallest absolute Gasteiger partial charge is 0.320 e. The van der Waals surface area contributed by atoms with Crippen molar-refractivity contribution in [2.75, 3.05) is 32.0 Å². The van der Waals surface area contributed by atoms with Crippen LogP contribution in [0.25, 0.3) is 0 Å². The molecule has 2 aromatic heterocycles. The van der Waals surface area contributed by atoms with Crippen molar-refractivity contribution in [3.8, 4) is 5.75 Å². The molecule has 3 aromatic rings. The molecule has 7 N–H and O–H groups in total. The molecule has 0 radical (unpaired) electrons. The molecule has 47 heavy (non-hydrogen) atoms. The van der Waals surface area contributed by atoms with E-state index >= 15 is 0 Å². The van der Waals surface area contributed by atoms with Crippen LogP contribution in [0.5, 0.6) is 5.75 Å². The minimum absolute atomic E-state index is 0.0145.